The van der Waals surface area contributed by atoms with E-state index in [-0.39, 0.29) is 42.0 Å². The number of benzene rings is 1. The molecule has 0 aromatic heterocycles. The fourth-order valence-corrected chi connectivity index (χ4v) is 3.53. The van der Waals surface area contributed by atoms with Crippen molar-refractivity contribution in [3.63, 3.8) is 0 Å². The second-order valence-electron chi connectivity index (χ2n) is 7.08. The Balaban J connectivity index is 0.00000280. The van der Waals surface area contributed by atoms with Crippen LogP contribution in [-0.2, 0) is 9.47 Å². The molecule has 1 aromatic rings. The summed E-state index contributed by atoms with van der Waals surface area (Å²) in [5, 5.41) is 3.41. The molecule has 2 atom stereocenters. The second-order valence-corrected chi connectivity index (χ2v) is 7.08. The predicted molar refractivity (Wildman–Crippen MR) is 120 cm³/mol. The minimum Gasteiger partial charge on any atom is -0.379 e. The molecule has 0 saturated carbocycles. The van der Waals surface area contributed by atoms with Crippen molar-refractivity contribution in [3.8, 4) is 0 Å². The van der Waals surface area contributed by atoms with Crippen molar-refractivity contribution in [3.05, 3.63) is 35.6 Å². The Labute approximate surface area is 184 Å². The number of nitrogens with zero attached hydrogens (tertiary/aromatic N) is 3. The van der Waals surface area contributed by atoms with Crippen molar-refractivity contribution < 1.29 is 13.9 Å². The molecular weight excluding hydrogens is 474 g/mol. The van der Waals surface area contributed by atoms with Gasteiger partial charge in [-0.05, 0) is 31.5 Å². The number of halogens is 2. The van der Waals surface area contributed by atoms with Gasteiger partial charge in [-0.3, -0.25) is 9.89 Å². The van der Waals surface area contributed by atoms with E-state index < -0.39 is 0 Å². The van der Waals surface area contributed by atoms with E-state index in [4.69, 9.17) is 14.5 Å². The molecule has 0 radical (unpaired) electrons. The monoisotopic (exact) mass is 506 g/mol. The molecule has 0 aliphatic carbocycles. The van der Waals surface area contributed by atoms with Gasteiger partial charge in [-0.25, -0.2) is 4.39 Å². The largest absolute Gasteiger partial charge is 0.379 e. The first-order chi connectivity index (χ1) is 13.2. The third-order valence-corrected chi connectivity index (χ3v) is 4.92. The minimum absolute atomic E-state index is 0. The first-order valence-corrected chi connectivity index (χ1v) is 9.90. The van der Waals surface area contributed by atoms with Gasteiger partial charge in [0.25, 0.3) is 0 Å². The lowest BCUT2D eigenvalue weighted by Crippen LogP contribution is -2.51. The van der Waals surface area contributed by atoms with Crippen molar-refractivity contribution in [2.75, 3.05) is 59.0 Å². The van der Waals surface area contributed by atoms with Gasteiger partial charge in [0.15, 0.2) is 5.96 Å². The smallest absolute Gasteiger partial charge is 0.194 e. The van der Waals surface area contributed by atoms with E-state index in [9.17, 15) is 4.39 Å². The van der Waals surface area contributed by atoms with Gasteiger partial charge in [0.2, 0.25) is 0 Å². The van der Waals surface area contributed by atoms with Crippen LogP contribution in [0.25, 0.3) is 0 Å². The molecule has 6 nitrogen and oxygen atoms in total. The highest BCUT2D eigenvalue weighted by Crippen LogP contribution is 2.25. The number of hydrogen-bond donors (Lipinski definition) is 1. The summed E-state index contributed by atoms with van der Waals surface area (Å²) in [5.41, 5.74) is 0.997. The van der Waals surface area contributed by atoms with Crippen LogP contribution in [0.2, 0.25) is 0 Å². The van der Waals surface area contributed by atoms with Crippen LogP contribution < -0.4 is 5.32 Å². The van der Waals surface area contributed by atoms with Crippen LogP contribution >= 0.6 is 24.0 Å². The highest BCUT2D eigenvalue weighted by molar-refractivity contribution is 14.0. The fraction of sp³-hybridized carbons (Fsp3) is 0.650. The Morgan fingerprint density at radius 2 is 1.93 bits per heavy atom. The van der Waals surface area contributed by atoms with Gasteiger partial charge in [0.05, 0.1) is 32.4 Å². The summed E-state index contributed by atoms with van der Waals surface area (Å²) in [7, 11) is 0. The molecule has 3 rings (SSSR count). The fourth-order valence-electron chi connectivity index (χ4n) is 3.53. The van der Waals surface area contributed by atoms with Gasteiger partial charge >= 0.3 is 0 Å². The Morgan fingerprint density at radius 1 is 1.21 bits per heavy atom. The molecule has 0 spiro atoms. The molecule has 2 saturated heterocycles. The molecule has 1 N–H and O–H groups in total. The standard InChI is InChI=1S/C20H31FN4O2.HI/c1-3-22-20(23-8-9-24-10-12-26-13-11-24)25-14-16(2)27-19(15-25)17-4-6-18(21)7-5-17;/h4-7,16,19H,3,8-15H2,1-2H3,(H,22,23);1H. The molecule has 28 heavy (non-hydrogen) atoms. The number of hydrogen-bond acceptors (Lipinski definition) is 4. The zero-order chi connectivity index (χ0) is 19.1. The minimum atomic E-state index is -0.225. The van der Waals surface area contributed by atoms with Gasteiger partial charge in [-0.1, -0.05) is 12.1 Å². The van der Waals surface area contributed by atoms with E-state index in [2.05, 4.69) is 29.0 Å². The first-order valence-electron chi connectivity index (χ1n) is 9.90. The molecule has 2 aliphatic heterocycles. The van der Waals surface area contributed by atoms with E-state index in [1.807, 2.05) is 0 Å². The normalized spacial score (nSPS) is 24.0. The molecule has 2 aliphatic rings. The Morgan fingerprint density at radius 3 is 2.61 bits per heavy atom. The topological polar surface area (TPSA) is 49.3 Å². The van der Waals surface area contributed by atoms with Crippen LogP contribution in [0.4, 0.5) is 4.39 Å². The average Bonchev–Trinajstić information content (AvgIpc) is 2.68. The lowest BCUT2D eigenvalue weighted by atomic mass is 10.1. The maximum atomic E-state index is 13.2. The molecular formula is C20H32FIN4O2. The highest BCUT2D eigenvalue weighted by Gasteiger charge is 2.28. The molecule has 0 amide bonds. The number of nitrogens with one attached hydrogen (secondary N) is 1. The van der Waals surface area contributed by atoms with Crippen LogP contribution in [0.15, 0.2) is 29.3 Å². The van der Waals surface area contributed by atoms with Gasteiger partial charge in [-0.15, -0.1) is 24.0 Å². The number of aliphatic imine (C=N–C) groups is 1. The zero-order valence-corrected chi connectivity index (χ0v) is 19.1. The van der Waals surface area contributed by atoms with Crippen molar-refractivity contribution in [2.45, 2.75) is 26.1 Å². The zero-order valence-electron chi connectivity index (χ0n) is 16.8. The number of rotatable bonds is 5. The van der Waals surface area contributed by atoms with Crippen molar-refractivity contribution >= 4 is 29.9 Å². The quantitative estimate of drug-likeness (QED) is 0.378. The van der Waals surface area contributed by atoms with Crippen LogP contribution in [0.1, 0.15) is 25.5 Å². The highest BCUT2D eigenvalue weighted by atomic mass is 127. The Bertz CT molecular complexity index is 611. The summed E-state index contributed by atoms with van der Waals surface area (Å²) in [6.07, 6.45) is -0.00523. The molecule has 0 bridgehead atoms. The first kappa shape index (κ1) is 23.3. The SMILES string of the molecule is CCNC(=NCCN1CCOCC1)N1CC(C)OC(c2ccc(F)cc2)C1.I. The van der Waals surface area contributed by atoms with Crippen LogP contribution in [0.5, 0.6) is 0 Å². The van der Waals surface area contributed by atoms with E-state index in [1.165, 1.54) is 12.1 Å². The van der Waals surface area contributed by atoms with Crippen LogP contribution in [0.3, 0.4) is 0 Å². The maximum absolute atomic E-state index is 13.2. The number of ether oxygens (including phenoxy) is 2. The maximum Gasteiger partial charge on any atom is 0.194 e. The second kappa shape index (κ2) is 11.9. The predicted octanol–water partition coefficient (Wildman–Crippen LogP) is 2.50. The van der Waals surface area contributed by atoms with Crippen molar-refractivity contribution in [1.29, 1.82) is 0 Å². The van der Waals surface area contributed by atoms with Crippen LogP contribution in [-0.4, -0.2) is 80.9 Å². The lowest BCUT2D eigenvalue weighted by molar-refractivity contribution is -0.0605. The van der Waals surface area contributed by atoms with Crippen LogP contribution in [0, 0.1) is 5.82 Å². The summed E-state index contributed by atoms with van der Waals surface area (Å²) in [5.74, 6) is 0.700. The van der Waals surface area contributed by atoms with E-state index in [0.29, 0.717) is 6.54 Å². The van der Waals surface area contributed by atoms with Gasteiger partial charge in [0.1, 0.15) is 11.9 Å². The summed E-state index contributed by atoms with van der Waals surface area (Å²) >= 11 is 0. The summed E-state index contributed by atoms with van der Waals surface area (Å²) in [6.45, 7) is 11.8. The number of morpholine rings is 2. The number of guanidine groups is 1. The Kier molecular flexibility index (Phi) is 9.90. The van der Waals surface area contributed by atoms with Gasteiger partial charge in [0, 0.05) is 32.7 Å². The van der Waals surface area contributed by atoms with Crippen molar-refractivity contribution in [1.82, 2.24) is 15.1 Å². The summed E-state index contributed by atoms with van der Waals surface area (Å²) in [4.78, 5) is 9.49. The lowest BCUT2D eigenvalue weighted by Gasteiger charge is -2.39. The van der Waals surface area contributed by atoms with Gasteiger partial charge in [-0.2, -0.15) is 0 Å². The van der Waals surface area contributed by atoms with E-state index in [0.717, 1.165) is 64.0 Å². The molecule has 158 valence electrons. The molecule has 8 heteroatoms. The third-order valence-electron chi connectivity index (χ3n) is 4.92. The summed E-state index contributed by atoms with van der Waals surface area (Å²) in [6, 6.07) is 6.59. The summed E-state index contributed by atoms with van der Waals surface area (Å²) < 4.78 is 24.7. The molecule has 2 unspecified atom stereocenters. The average molecular weight is 506 g/mol. The third kappa shape index (κ3) is 6.82. The molecule has 1 aromatic carbocycles. The Hall–Kier alpha value is -0.970. The molecule has 2 fully saturated rings. The molecule has 2 heterocycles. The van der Waals surface area contributed by atoms with E-state index >= 15 is 0 Å². The van der Waals surface area contributed by atoms with E-state index in [1.54, 1.807) is 12.1 Å². The van der Waals surface area contributed by atoms with Gasteiger partial charge < -0.3 is 19.7 Å². The van der Waals surface area contributed by atoms with Crippen molar-refractivity contribution in [2.24, 2.45) is 4.99 Å².